The molecule has 2 nitrogen and oxygen atoms in total. The predicted molar refractivity (Wildman–Crippen MR) is 50.4 cm³/mol. The van der Waals surface area contributed by atoms with Gasteiger partial charge >= 0.3 is 0 Å². The third-order valence-corrected chi connectivity index (χ3v) is 1.69. The number of hydrogen-bond acceptors (Lipinski definition) is 2. The Bertz CT molecular complexity index is 235. The number of ether oxygens (including phenoxy) is 1. The maximum absolute atomic E-state index is 5.37. The number of rotatable bonds is 4. The van der Waals surface area contributed by atoms with Crippen LogP contribution in [0.4, 0.5) is 0 Å². The van der Waals surface area contributed by atoms with Crippen molar-refractivity contribution in [2.24, 2.45) is 5.73 Å². The summed E-state index contributed by atoms with van der Waals surface area (Å²) in [5.41, 5.74) is 6.62. The molecule has 66 valence electrons. The van der Waals surface area contributed by atoms with E-state index < -0.39 is 0 Å². The van der Waals surface area contributed by atoms with Crippen molar-refractivity contribution >= 4 is 0 Å². The van der Waals surface area contributed by atoms with Gasteiger partial charge < -0.3 is 10.5 Å². The molecule has 0 fully saturated rings. The predicted octanol–water partition coefficient (Wildman–Crippen LogP) is 1.59. The molecule has 0 spiro atoms. The summed E-state index contributed by atoms with van der Waals surface area (Å²) in [4.78, 5) is 0. The quantitative estimate of drug-likeness (QED) is 0.735. The number of benzene rings is 1. The van der Waals surface area contributed by atoms with Gasteiger partial charge in [-0.05, 0) is 24.1 Å². The highest BCUT2D eigenvalue weighted by molar-refractivity contribution is 5.28. The van der Waals surface area contributed by atoms with Crippen LogP contribution in [0.3, 0.4) is 0 Å². The Morgan fingerprint density at radius 1 is 1.42 bits per heavy atom. The minimum absolute atomic E-state index is 0.566. The van der Waals surface area contributed by atoms with Crippen molar-refractivity contribution in [1.29, 1.82) is 0 Å². The summed E-state index contributed by atoms with van der Waals surface area (Å²) in [6, 6.07) is 8.10. The second-order valence-corrected chi connectivity index (χ2v) is 2.64. The highest BCUT2D eigenvalue weighted by Crippen LogP contribution is 2.12. The van der Waals surface area contributed by atoms with Crippen LogP contribution in [-0.2, 0) is 6.42 Å². The molecule has 0 heterocycles. The largest absolute Gasteiger partial charge is 0.492 e. The lowest BCUT2D eigenvalue weighted by molar-refractivity contribution is 0.328. The smallest absolute Gasteiger partial charge is 0.119 e. The molecule has 0 aliphatic carbocycles. The Balaban J connectivity index is 2.60. The maximum atomic E-state index is 5.37. The van der Waals surface area contributed by atoms with Crippen molar-refractivity contribution in [3.63, 3.8) is 0 Å². The number of aryl methyl sites for hydroxylation is 1. The lowest BCUT2D eigenvalue weighted by atomic mass is 10.2. The third-order valence-electron chi connectivity index (χ3n) is 1.69. The molecule has 1 rings (SSSR count). The van der Waals surface area contributed by atoms with Gasteiger partial charge in [0.05, 0.1) is 0 Å². The second kappa shape index (κ2) is 4.78. The lowest BCUT2D eigenvalue weighted by Gasteiger charge is -2.05. The molecule has 0 radical (unpaired) electrons. The fourth-order valence-electron chi connectivity index (χ4n) is 1.03. The molecule has 0 atom stereocenters. The van der Waals surface area contributed by atoms with Crippen LogP contribution in [0.25, 0.3) is 0 Å². The molecule has 0 saturated heterocycles. The minimum atomic E-state index is 0.566. The van der Waals surface area contributed by atoms with Crippen molar-refractivity contribution in [3.8, 4) is 5.75 Å². The molecular formula is C10H15NO. The van der Waals surface area contributed by atoms with Crippen molar-refractivity contribution in [3.05, 3.63) is 29.8 Å². The van der Waals surface area contributed by atoms with Crippen molar-refractivity contribution in [1.82, 2.24) is 0 Å². The van der Waals surface area contributed by atoms with Crippen LogP contribution in [0.2, 0.25) is 0 Å². The zero-order chi connectivity index (χ0) is 8.81. The molecule has 1 aromatic rings. The van der Waals surface area contributed by atoms with Crippen LogP contribution in [0.5, 0.6) is 5.75 Å². The van der Waals surface area contributed by atoms with Gasteiger partial charge in [0.15, 0.2) is 0 Å². The highest BCUT2D eigenvalue weighted by atomic mass is 16.5. The Kier molecular flexibility index (Phi) is 3.61. The summed E-state index contributed by atoms with van der Waals surface area (Å²) in [5, 5.41) is 0. The van der Waals surface area contributed by atoms with E-state index in [1.807, 2.05) is 12.1 Å². The Hall–Kier alpha value is -1.02. The molecule has 0 bridgehead atoms. The molecule has 0 saturated carbocycles. The molecule has 0 unspecified atom stereocenters. The van der Waals surface area contributed by atoms with Crippen LogP contribution in [0.1, 0.15) is 12.5 Å². The van der Waals surface area contributed by atoms with E-state index in [1.54, 1.807) is 0 Å². The average Bonchev–Trinajstić information content (AvgIpc) is 2.15. The van der Waals surface area contributed by atoms with Crippen LogP contribution in [0, 0.1) is 0 Å². The highest BCUT2D eigenvalue weighted by Gasteiger charge is 1.93. The Labute approximate surface area is 73.3 Å². The monoisotopic (exact) mass is 165 g/mol. The fourth-order valence-corrected chi connectivity index (χ4v) is 1.03. The summed E-state index contributed by atoms with van der Waals surface area (Å²) in [5.74, 6) is 0.916. The van der Waals surface area contributed by atoms with Crippen LogP contribution < -0.4 is 10.5 Å². The first-order valence-electron chi connectivity index (χ1n) is 4.28. The van der Waals surface area contributed by atoms with Crippen molar-refractivity contribution in [2.75, 3.05) is 13.2 Å². The van der Waals surface area contributed by atoms with E-state index in [0.717, 1.165) is 12.2 Å². The normalized spacial score (nSPS) is 9.83. The fraction of sp³-hybridized carbons (Fsp3) is 0.400. The Morgan fingerprint density at radius 2 is 2.25 bits per heavy atom. The molecule has 1 aromatic carbocycles. The van der Waals surface area contributed by atoms with Gasteiger partial charge in [0.2, 0.25) is 0 Å². The van der Waals surface area contributed by atoms with Crippen LogP contribution >= 0.6 is 0 Å². The number of hydrogen-bond donors (Lipinski definition) is 1. The van der Waals surface area contributed by atoms with Gasteiger partial charge in [0, 0.05) is 6.54 Å². The first kappa shape index (κ1) is 9.07. The Morgan fingerprint density at radius 3 is 2.92 bits per heavy atom. The van der Waals surface area contributed by atoms with E-state index in [4.69, 9.17) is 10.5 Å². The van der Waals surface area contributed by atoms with Gasteiger partial charge in [-0.2, -0.15) is 0 Å². The maximum Gasteiger partial charge on any atom is 0.119 e. The minimum Gasteiger partial charge on any atom is -0.492 e. The van der Waals surface area contributed by atoms with Crippen molar-refractivity contribution < 1.29 is 4.74 Å². The van der Waals surface area contributed by atoms with Crippen LogP contribution in [-0.4, -0.2) is 13.2 Å². The van der Waals surface area contributed by atoms with E-state index in [2.05, 4.69) is 19.1 Å². The first-order valence-corrected chi connectivity index (χ1v) is 4.28. The third kappa shape index (κ3) is 2.55. The summed E-state index contributed by atoms with van der Waals surface area (Å²) >= 11 is 0. The standard InChI is InChI=1S/C10H15NO/c1-2-9-4-3-5-10(8-9)12-7-6-11/h3-5,8H,2,6-7,11H2,1H3. The van der Waals surface area contributed by atoms with Gasteiger partial charge in [0.25, 0.3) is 0 Å². The summed E-state index contributed by atoms with van der Waals surface area (Å²) < 4.78 is 5.37. The van der Waals surface area contributed by atoms with E-state index in [9.17, 15) is 0 Å². The molecule has 0 amide bonds. The van der Waals surface area contributed by atoms with Gasteiger partial charge in [-0.3, -0.25) is 0 Å². The molecule has 12 heavy (non-hydrogen) atoms. The van der Waals surface area contributed by atoms with E-state index in [1.165, 1.54) is 5.56 Å². The molecule has 2 N–H and O–H groups in total. The molecular weight excluding hydrogens is 150 g/mol. The zero-order valence-electron chi connectivity index (χ0n) is 7.42. The summed E-state index contributed by atoms with van der Waals surface area (Å²) in [7, 11) is 0. The zero-order valence-corrected chi connectivity index (χ0v) is 7.42. The second-order valence-electron chi connectivity index (χ2n) is 2.64. The molecule has 0 aliphatic heterocycles. The van der Waals surface area contributed by atoms with E-state index in [0.29, 0.717) is 13.2 Å². The summed E-state index contributed by atoms with van der Waals surface area (Å²) in [6.07, 6.45) is 1.04. The van der Waals surface area contributed by atoms with Gasteiger partial charge in [-0.25, -0.2) is 0 Å². The SMILES string of the molecule is CCc1cccc(OCCN)c1. The summed E-state index contributed by atoms with van der Waals surface area (Å²) in [6.45, 7) is 3.28. The van der Waals surface area contributed by atoms with Gasteiger partial charge in [-0.15, -0.1) is 0 Å². The van der Waals surface area contributed by atoms with Gasteiger partial charge in [-0.1, -0.05) is 19.1 Å². The average molecular weight is 165 g/mol. The first-order chi connectivity index (χ1) is 5.86. The van der Waals surface area contributed by atoms with Gasteiger partial charge in [0.1, 0.15) is 12.4 Å². The van der Waals surface area contributed by atoms with E-state index in [-0.39, 0.29) is 0 Å². The van der Waals surface area contributed by atoms with Crippen molar-refractivity contribution in [2.45, 2.75) is 13.3 Å². The van der Waals surface area contributed by atoms with Crippen LogP contribution in [0.15, 0.2) is 24.3 Å². The number of nitrogens with two attached hydrogens (primary N) is 1. The molecule has 0 aliphatic rings. The lowest BCUT2D eigenvalue weighted by Crippen LogP contribution is -2.10. The topological polar surface area (TPSA) is 35.2 Å². The molecule has 0 aromatic heterocycles. The van der Waals surface area contributed by atoms with E-state index >= 15 is 0 Å². The molecule has 2 heteroatoms.